The Morgan fingerprint density at radius 2 is 2.16 bits per heavy atom. The van der Waals surface area contributed by atoms with Gasteiger partial charge in [0, 0.05) is 0 Å². The van der Waals surface area contributed by atoms with Gasteiger partial charge < -0.3 is 19.3 Å². The Balaban J connectivity index is 1.63. The summed E-state index contributed by atoms with van der Waals surface area (Å²) in [5.41, 5.74) is 3.04. The topological polar surface area (TPSA) is 89.4 Å². The van der Waals surface area contributed by atoms with E-state index in [1.165, 1.54) is 13.3 Å². The van der Waals surface area contributed by atoms with Gasteiger partial charge in [-0.2, -0.15) is 5.10 Å². The molecule has 8 heteroatoms. The Morgan fingerprint density at radius 3 is 2.92 bits per heavy atom. The van der Waals surface area contributed by atoms with Crippen molar-refractivity contribution in [3.8, 4) is 23.0 Å². The lowest BCUT2D eigenvalue weighted by Gasteiger charge is -2.24. The minimum Gasteiger partial charge on any atom is -0.503 e. The molecule has 3 rings (SSSR count). The van der Waals surface area contributed by atoms with Crippen molar-refractivity contribution in [3.05, 3.63) is 46.4 Å². The van der Waals surface area contributed by atoms with Crippen LogP contribution in [0.2, 0.25) is 0 Å². The van der Waals surface area contributed by atoms with E-state index < -0.39 is 12.0 Å². The number of nitrogens with zero attached hydrogens (tertiary/aromatic N) is 1. The number of fused-ring (bicyclic) bond motifs is 1. The zero-order valence-electron chi connectivity index (χ0n) is 13.2. The minimum atomic E-state index is -0.784. The summed E-state index contributed by atoms with van der Waals surface area (Å²) in [6.07, 6.45) is 0.649. The van der Waals surface area contributed by atoms with Crippen molar-refractivity contribution in [1.29, 1.82) is 0 Å². The van der Waals surface area contributed by atoms with Gasteiger partial charge in [-0.05, 0) is 45.8 Å². The molecule has 0 radical (unpaired) electrons. The zero-order chi connectivity index (χ0) is 17.8. The average molecular weight is 407 g/mol. The second-order valence-electron chi connectivity index (χ2n) is 5.15. The quantitative estimate of drug-likeness (QED) is 0.601. The number of amides is 1. The number of ether oxygens (including phenoxy) is 3. The summed E-state index contributed by atoms with van der Waals surface area (Å²) in [5.74, 6) is 0.995. The molecule has 0 spiro atoms. The van der Waals surface area contributed by atoms with Gasteiger partial charge in [-0.1, -0.05) is 12.1 Å². The first-order valence-corrected chi connectivity index (χ1v) is 8.15. The first kappa shape index (κ1) is 17.1. The number of nitrogens with one attached hydrogen (secondary N) is 1. The van der Waals surface area contributed by atoms with Crippen LogP contribution in [0.1, 0.15) is 5.56 Å². The molecule has 1 aliphatic rings. The van der Waals surface area contributed by atoms with E-state index in [0.717, 1.165) is 0 Å². The molecule has 1 unspecified atom stereocenters. The molecule has 7 nitrogen and oxygen atoms in total. The standard InChI is InChI=1S/C17H15BrN2O5/c1-23-14-7-10(6-11(18)16(14)21)8-19-20-17(22)15-9-24-12-4-2-3-5-13(12)25-15/h2-8,15,21H,9H2,1H3,(H,20,22)/b19-8-. The van der Waals surface area contributed by atoms with E-state index in [9.17, 15) is 9.90 Å². The van der Waals surface area contributed by atoms with Crippen LogP contribution in [0.3, 0.4) is 0 Å². The third-order valence-corrected chi connectivity index (χ3v) is 4.06. The number of aromatic hydroxyl groups is 1. The minimum absolute atomic E-state index is 0.00453. The van der Waals surface area contributed by atoms with Crippen LogP contribution in [-0.4, -0.2) is 37.0 Å². The van der Waals surface area contributed by atoms with Crippen LogP contribution in [-0.2, 0) is 4.79 Å². The fraction of sp³-hybridized carbons (Fsp3) is 0.176. The van der Waals surface area contributed by atoms with Crippen molar-refractivity contribution in [2.75, 3.05) is 13.7 Å². The van der Waals surface area contributed by atoms with Gasteiger partial charge in [0.1, 0.15) is 6.61 Å². The summed E-state index contributed by atoms with van der Waals surface area (Å²) in [6, 6.07) is 10.4. The predicted octanol–water partition coefficient (Wildman–Crippen LogP) is 2.45. The van der Waals surface area contributed by atoms with Gasteiger partial charge in [0.05, 0.1) is 17.8 Å². The Hall–Kier alpha value is -2.74. The number of hydrazone groups is 1. The summed E-state index contributed by atoms with van der Waals surface area (Å²) < 4.78 is 16.6. The molecule has 2 aromatic rings. The zero-order valence-corrected chi connectivity index (χ0v) is 14.8. The van der Waals surface area contributed by atoms with Gasteiger partial charge in [0.2, 0.25) is 6.10 Å². The normalized spacial score (nSPS) is 15.8. The lowest BCUT2D eigenvalue weighted by Crippen LogP contribution is -2.42. The maximum absolute atomic E-state index is 12.1. The van der Waals surface area contributed by atoms with Gasteiger partial charge in [-0.25, -0.2) is 5.43 Å². The van der Waals surface area contributed by atoms with Crippen LogP contribution in [0, 0.1) is 0 Å². The number of phenols is 1. The fourth-order valence-electron chi connectivity index (χ4n) is 2.22. The summed E-state index contributed by atoms with van der Waals surface area (Å²) in [5, 5.41) is 13.7. The molecule has 1 aliphatic heterocycles. The predicted molar refractivity (Wildman–Crippen MR) is 94.4 cm³/mol. The highest BCUT2D eigenvalue weighted by Gasteiger charge is 2.26. The third kappa shape index (κ3) is 3.85. The highest BCUT2D eigenvalue weighted by molar-refractivity contribution is 9.10. The molecule has 25 heavy (non-hydrogen) atoms. The van der Waals surface area contributed by atoms with E-state index in [2.05, 4.69) is 26.5 Å². The molecule has 0 aromatic heterocycles. The first-order chi connectivity index (χ1) is 12.1. The number of carbonyl (C=O) groups is 1. The summed E-state index contributed by atoms with van der Waals surface area (Å²) in [7, 11) is 1.45. The SMILES string of the molecule is COc1cc(/C=N\NC(=O)C2COc3ccccc3O2)cc(Br)c1O. The Kier molecular flexibility index (Phi) is 5.08. The maximum Gasteiger partial charge on any atom is 0.284 e. The van der Waals surface area contributed by atoms with Gasteiger partial charge >= 0.3 is 0 Å². The van der Waals surface area contributed by atoms with E-state index in [1.807, 2.05) is 6.07 Å². The number of carbonyl (C=O) groups excluding carboxylic acids is 1. The van der Waals surface area contributed by atoms with Crippen molar-refractivity contribution in [2.45, 2.75) is 6.10 Å². The number of methoxy groups -OCH3 is 1. The van der Waals surface area contributed by atoms with Crippen molar-refractivity contribution >= 4 is 28.1 Å². The summed E-state index contributed by atoms with van der Waals surface area (Å²) in [6.45, 7) is 0.108. The molecule has 0 saturated carbocycles. The molecule has 2 N–H and O–H groups in total. The third-order valence-electron chi connectivity index (χ3n) is 3.46. The molecule has 2 aromatic carbocycles. The van der Waals surface area contributed by atoms with Crippen LogP contribution < -0.4 is 19.6 Å². The summed E-state index contributed by atoms with van der Waals surface area (Å²) in [4.78, 5) is 12.1. The average Bonchev–Trinajstić information content (AvgIpc) is 2.63. The molecular formula is C17H15BrN2O5. The second kappa shape index (κ2) is 7.43. The van der Waals surface area contributed by atoms with Gasteiger partial charge in [-0.15, -0.1) is 0 Å². The van der Waals surface area contributed by atoms with Gasteiger partial charge in [-0.3, -0.25) is 4.79 Å². The number of hydrogen-bond donors (Lipinski definition) is 2. The van der Waals surface area contributed by atoms with Crippen LogP contribution in [0.15, 0.2) is 46.0 Å². The summed E-state index contributed by atoms with van der Waals surface area (Å²) >= 11 is 3.22. The van der Waals surface area contributed by atoms with Crippen LogP contribution in [0.4, 0.5) is 0 Å². The lowest BCUT2D eigenvalue weighted by atomic mass is 10.2. The molecule has 1 atom stereocenters. The molecule has 1 amide bonds. The monoisotopic (exact) mass is 406 g/mol. The molecule has 0 fully saturated rings. The smallest absolute Gasteiger partial charge is 0.284 e. The number of hydrogen-bond acceptors (Lipinski definition) is 6. The van der Waals surface area contributed by atoms with E-state index in [0.29, 0.717) is 27.3 Å². The van der Waals surface area contributed by atoms with Crippen LogP contribution in [0.25, 0.3) is 0 Å². The van der Waals surface area contributed by atoms with Crippen LogP contribution >= 0.6 is 15.9 Å². The largest absolute Gasteiger partial charge is 0.503 e. The Labute approximate surface area is 152 Å². The molecular weight excluding hydrogens is 392 g/mol. The van der Waals surface area contributed by atoms with Crippen molar-refractivity contribution in [2.24, 2.45) is 5.10 Å². The van der Waals surface area contributed by atoms with Crippen LogP contribution in [0.5, 0.6) is 23.0 Å². The van der Waals surface area contributed by atoms with Gasteiger partial charge in [0.15, 0.2) is 23.0 Å². The van der Waals surface area contributed by atoms with Crippen molar-refractivity contribution in [3.63, 3.8) is 0 Å². The number of halogens is 1. The molecule has 130 valence electrons. The molecule has 0 aliphatic carbocycles. The first-order valence-electron chi connectivity index (χ1n) is 7.36. The van der Waals surface area contributed by atoms with E-state index >= 15 is 0 Å². The van der Waals surface area contributed by atoms with E-state index in [4.69, 9.17) is 14.2 Å². The lowest BCUT2D eigenvalue weighted by molar-refractivity contribution is -0.130. The molecule has 0 saturated heterocycles. The molecule has 0 bridgehead atoms. The van der Waals surface area contributed by atoms with Crippen molar-refractivity contribution in [1.82, 2.24) is 5.43 Å². The van der Waals surface area contributed by atoms with Crippen molar-refractivity contribution < 1.29 is 24.1 Å². The number of rotatable bonds is 4. The Morgan fingerprint density at radius 1 is 1.40 bits per heavy atom. The molecule has 1 heterocycles. The fourth-order valence-corrected chi connectivity index (χ4v) is 2.67. The number of benzene rings is 2. The highest BCUT2D eigenvalue weighted by Crippen LogP contribution is 2.34. The van der Waals surface area contributed by atoms with E-state index in [-0.39, 0.29) is 12.4 Å². The highest BCUT2D eigenvalue weighted by atomic mass is 79.9. The van der Waals surface area contributed by atoms with E-state index in [1.54, 1.807) is 30.3 Å². The van der Waals surface area contributed by atoms with Gasteiger partial charge in [0.25, 0.3) is 5.91 Å². The number of para-hydroxylation sites is 2. The second-order valence-corrected chi connectivity index (χ2v) is 6.01. The number of phenolic OH excluding ortho intramolecular Hbond substituents is 1. The Bertz CT molecular complexity index is 825. The maximum atomic E-state index is 12.1.